The summed E-state index contributed by atoms with van der Waals surface area (Å²) in [6.45, 7) is 0. The topological polar surface area (TPSA) is 75.3 Å². The highest BCUT2D eigenvalue weighted by atomic mass is 35.5. The van der Waals surface area contributed by atoms with Gasteiger partial charge in [0.1, 0.15) is 11.5 Å². The standard InChI is InChI=1S/C30H21Cl2FN2O3S/c31-22-12-9-21(26(32)16-22)15-27(35-29(37)20-5-2-1-3-6-20)30(38)34-24-7-4-8-25(17-24)39-18-28(36)19-10-13-23(33)14-11-19/h1-17H,18H2,(H,34,38)(H,35,37)/b27-15-. The summed E-state index contributed by atoms with van der Waals surface area (Å²) < 4.78 is 13.1. The summed E-state index contributed by atoms with van der Waals surface area (Å²) in [4.78, 5) is 39.3. The second kappa shape index (κ2) is 13.2. The van der Waals surface area contributed by atoms with E-state index in [1.54, 1.807) is 66.7 Å². The number of hydrogen-bond acceptors (Lipinski definition) is 4. The molecule has 0 aliphatic rings. The van der Waals surface area contributed by atoms with Crippen molar-refractivity contribution < 1.29 is 18.8 Å². The molecule has 0 aliphatic carbocycles. The molecule has 0 atom stereocenters. The number of carbonyl (C=O) groups is 3. The quantitative estimate of drug-likeness (QED) is 0.122. The lowest BCUT2D eigenvalue weighted by Gasteiger charge is -2.12. The summed E-state index contributed by atoms with van der Waals surface area (Å²) in [6, 6.07) is 25.6. The Kier molecular flexibility index (Phi) is 9.54. The van der Waals surface area contributed by atoms with Crippen LogP contribution in [0.3, 0.4) is 0 Å². The normalized spacial score (nSPS) is 11.1. The molecule has 2 N–H and O–H groups in total. The summed E-state index contributed by atoms with van der Waals surface area (Å²) in [5.41, 5.74) is 1.71. The monoisotopic (exact) mass is 578 g/mol. The average molecular weight is 579 g/mol. The van der Waals surface area contributed by atoms with E-state index in [0.29, 0.717) is 32.4 Å². The van der Waals surface area contributed by atoms with Crippen molar-refractivity contribution in [2.45, 2.75) is 4.90 Å². The zero-order chi connectivity index (χ0) is 27.8. The van der Waals surface area contributed by atoms with Crippen LogP contribution in [0.25, 0.3) is 6.08 Å². The summed E-state index contributed by atoms with van der Waals surface area (Å²) in [5.74, 6) is -1.46. The van der Waals surface area contributed by atoms with Crippen LogP contribution < -0.4 is 10.6 Å². The second-order valence-corrected chi connectivity index (χ2v) is 10.1. The Bertz CT molecular complexity index is 1540. The van der Waals surface area contributed by atoms with Gasteiger partial charge in [-0.15, -0.1) is 11.8 Å². The van der Waals surface area contributed by atoms with E-state index in [1.165, 1.54) is 48.2 Å². The van der Waals surface area contributed by atoms with Crippen LogP contribution in [-0.2, 0) is 4.79 Å². The fourth-order valence-corrected chi connectivity index (χ4v) is 4.76. The highest BCUT2D eigenvalue weighted by molar-refractivity contribution is 8.00. The van der Waals surface area contributed by atoms with Crippen molar-refractivity contribution in [1.82, 2.24) is 5.32 Å². The largest absolute Gasteiger partial charge is 0.321 e. The molecule has 0 unspecified atom stereocenters. The third-order valence-corrected chi connectivity index (χ3v) is 6.98. The molecule has 0 saturated carbocycles. The summed E-state index contributed by atoms with van der Waals surface area (Å²) >= 11 is 13.6. The van der Waals surface area contributed by atoms with E-state index in [0.717, 1.165) is 4.90 Å². The number of rotatable bonds is 9. The maximum Gasteiger partial charge on any atom is 0.272 e. The first-order valence-electron chi connectivity index (χ1n) is 11.6. The van der Waals surface area contributed by atoms with Crippen LogP contribution in [0.2, 0.25) is 10.0 Å². The molecule has 4 aromatic carbocycles. The van der Waals surface area contributed by atoms with Crippen LogP contribution in [0.4, 0.5) is 10.1 Å². The molecule has 5 nitrogen and oxygen atoms in total. The molecule has 0 aliphatic heterocycles. The van der Waals surface area contributed by atoms with E-state index in [4.69, 9.17) is 23.2 Å². The Morgan fingerprint density at radius 3 is 2.28 bits per heavy atom. The van der Waals surface area contributed by atoms with E-state index in [2.05, 4.69) is 10.6 Å². The molecule has 0 aromatic heterocycles. The minimum absolute atomic E-state index is 0.0300. The fraction of sp³-hybridized carbons (Fsp3) is 0.0333. The van der Waals surface area contributed by atoms with Crippen LogP contribution in [-0.4, -0.2) is 23.4 Å². The highest BCUT2D eigenvalue weighted by Gasteiger charge is 2.16. The lowest BCUT2D eigenvalue weighted by molar-refractivity contribution is -0.113. The minimum atomic E-state index is -0.574. The first kappa shape index (κ1) is 28.1. The van der Waals surface area contributed by atoms with Gasteiger partial charge in [-0.1, -0.05) is 53.5 Å². The van der Waals surface area contributed by atoms with Crippen LogP contribution in [0.5, 0.6) is 0 Å². The minimum Gasteiger partial charge on any atom is -0.321 e. The van der Waals surface area contributed by atoms with Gasteiger partial charge in [-0.25, -0.2) is 4.39 Å². The van der Waals surface area contributed by atoms with Gasteiger partial charge in [-0.2, -0.15) is 0 Å². The molecule has 9 heteroatoms. The number of benzene rings is 4. The number of halogens is 3. The Balaban J connectivity index is 1.51. The zero-order valence-electron chi connectivity index (χ0n) is 20.3. The number of Topliss-reactive ketones (excluding diaryl/α,β-unsaturated/α-hetero) is 1. The van der Waals surface area contributed by atoms with E-state index < -0.39 is 17.6 Å². The van der Waals surface area contributed by atoms with Crippen molar-refractivity contribution in [3.05, 3.63) is 135 Å². The molecule has 196 valence electrons. The first-order valence-corrected chi connectivity index (χ1v) is 13.4. The number of thioether (sulfide) groups is 1. The van der Waals surface area contributed by atoms with Crippen molar-refractivity contribution in [3.63, 3.8) is 0 Å². The first-order chi connectivity index (χ1) is 18.8. The van der Waals surface area contributed by atoms with E-state index >= 15 is 0 Å². The van der Waals surface area contributed by atoms with Gasteiger partial charge in [-0.3, -0.25) is 14.4 Å². The predicted molar refractivity (Wildman–Crippen MR) is 155 cm³/mol. The van der Waals surface area contributed by atoms with E-state index in [9.17, 15) is 18.8 Å². The van der Waals surface area contributed by atoms with E-state index in [-0.39, 0.29) is 17.2 Å². The number of hydrogen-bond donors (Lipinski definition) is 2. The molecule has 0 fully saturated rings. The average Bonchev–Trinajstić information content (AvgIpc) is 2.93. The van der Waals surface area contributed by atoms with Crippen molar-refractivity contribution in [3.8, 4) is 0 Å². The highest BCUT2D eigenvalue weighted by Crippen LogP contribution is 2.25. The lowest BCUT2D eigenvalue weighted by Crippen LogP contribution is -2.30. The number of ketones is 1. The van der Waals surface area contributed by atoms with Crippen molar-refractivity contribution >= 4 is 64.3 Å². The van der Waals surface area contributed by atoms with Gasteiger partial charge in [0.15, 0.2) is 5.78 Å². The number of carbonyl (C=O) groups excluding carboxylic acids is 3. The van der Waals surface area contributed by atoms with Crippen LogP contribution in [0, 0.1) is 5.82 Å². The summed E-state index contributed by atoms with van der Waals surface area (Å²) in [7, 11) is 0. The number of nitrogens with one attached hydrogen (secondary N) is 2. The van der Waals surface area contributed by atoms with Gasteiger partial charge in [0.05, 0.1) is 5.75 Å². The van der Waals surface area contributed by atoms with Crippen LogP contribution >= 0.6 is 35.0 Å². The molecular weight excluding hydrogens is 558 g/mol. The molecule has 2 amide bonds. The molecule has 0 heterocycles. The Morgan fingerprint density at radius 2 is 1.56 bits per heavy atom. The van der Waals surface area contributed by atoms with Gasteiger partial charge >= 0.3 is 0 Å². The molecular formula is C30H21Cl2FN2O3S. The number of anilines is 1. The van der Waals surface area contributed by atoms with Crippen molar-refractivity contribution in [2.24, 2.45) is 0 Å². The molecule has 39 heavy (non-hydrogen) atoms. The van der Waals surface area contributed by atoms with Crippen molar-refractivity contribution in [1.29, 1.82) is 0 Å². The van der Waals surface area contributed by atoms with Gasteiger partial charge in [-0.05, 0) is 78.4 Å². The Hall–Kier alpha value is -3.91. The van der Waals surface area contributed by atoms with Gasteiger partial charge in [0, 0.05) is 31.8 Å². The van der Waals surface area contributed by atoms with Crippen molar-refractivity contribution in [2.75, 3.05) is 11.1 Å². The fourth-order valence-electron chi connectivity index (χ4n) is 3.45. The second-order valence-electron chi connectivity index (χ2n) is 8.24. The van der Waals surface area contributed by atoms with Crippen LogP contribution in [0.15, 0.2) is 108 Å². The van der Waals surface area contributed by atoms with Gasteiger partial charge in [0.25, 0.3) is 11.8 Å². The van der Waals surface area contributed by atoms with Crippen LogP contribution in [0.1, 0.15) is 26.3 Å². The Labute approximate surface area is 239 Å². The van der Waals surface area contributed by atoms with Gasteiger partial charge in [0.2, 0.25) is 0 Å². The molecule has 4 rings (SSSR count). The molecule has 4 aromatic rings. The zero-order valence-corrected chi connectivity index (χ0v) is 22.6. The Morgan fingerprint density at radius 1 is 0.821 bits per heavy atom. The molecule has 0 radical (unpaired) electrons. The maximum absolute atomic E-state index is 13.3. The molecule has 0 saturated heterocycles. The van der Waals surface area contributed by atoms with Gasteiger partial charge < -0.3 is 10.6 Å². The van der Waals surface area contributed by atoms with E-state index in [1.807, 2.05) is 0 Å². The third kappa shape index (κ3) is 8.04. The number of amides is 2. The third-order valence-electron chi connectivity index (χ3n) is 5.42. The summed E-state index contributed by atoms with van der Waals surface area (Å²) in [5, 5.41) is 6.19. The smallest absolute Gasteiger partial charge is 0.272 e. The maximum atomic E-state index is 13.3. The predicted octanol–water partition coefficient (Wildman–Crippen LogP) is 7.52. The molecule has 0 bridgehead atoms. The summed E-state index contributed by atoms with van der Waals surface area (Å²) in [6.07, 6.45) is 1.47. The lowest BCUT2D eigenvalue weighted by atomic mass is 10.1. The molecule has 0 spiro atoms. The SMILES string of the molecule is O=C(Nc1cccc(SCC(=O)c2ccc(F)cc2)c1)/C(=C/c1ccc(Cl)cc1Cl)NC(=O)c1ccccc1.